The van der Waals surface area contributed by atoms with Crippen LogP contribution in [0.1, 0.15) is 36.1 Å². The Morgan fingerprint density at radius 1 is 1.00 bits per heavy atom. The zero-order valence-corrected chi connectivity index (χ0v) is 18.9. The first-order valence-electron chi connectivity index (χ1n) is 9.57. The summed E-state index contributed by atoms with van der Waals surface area (Å²) in [5, 5.41) is 0. The maximum Gasteiger partial charge on any atom is 0.226 e. The van der Waals surface area contributed by atoms with Crippen LogP contribution in [0, 0.1) is 24.5 Å². The fraction of sp³-hybridized carbons (Fsp3) is 0.524. The van der Waals surface area contributed by atoms with Gasteiger partial charge in [0, 0.05) is 50.0 Å². The predicted molar refractivity (Wildman–Crippen MR) is 118 cm³/mol. The number of rotatable bonds is 2. The molecule has 0 radical (unpaired) electrons. The number of anilines is 2. The van der Waals surface area contributed by atoms with E-state index in [9.17, 15) is 0 Å². The number of fused-ring (bicyclic) bond motifs is 1. The molecule has 0 unspecified atom stereocenters. The zero-order valence-electron chi connectivity index (χ0n) is 16.8. The second kappa shape index (κ2) is 6.79. The molecular weight excluding hydrogens is 451 g/mol. The van der Waals surface area contributed by atoms with Crippen molar-refractivity contribution in [1.29, 1.82) is 0 Å². The quantitative estimate of drug-likeness (QED) is 0.482. The molecule has 0 atom stereocenters. The molecule has 1 saturated heterocycles. The number of aromatic nitrogens is 2. The Morgan fingerprint density at radius 3 is 2.33 bits per heavy atom. The van der Waals surface area contributed by atoms with Crippen molar-refractivity contribution < 1.29 is 4.74 Å². The second-order valence-corrected chi connectivity index (χ2v) is 9.33. The number of ether oxygens (including phenoxy) is 1. The van der Waals surface area contributed by atoms with Crippen LogP contribution in [0.2, 0.25) is 0 Å². The Morgan fingerprint density at radius 2 is 1.67 bits per heavy atom. The highest BCUT2D eigenvalue weighted by molar-refractivity contribution is 14.1. The number of hydrogen-bond acceptors (Lipinski definition) is 5. The molecule has 0 amide bonds. The van der Waals surface area contributed by atoms with Gasteiger partial charge >= 0.3 is 0 Å². The molecular formula is C21H27IN4O. The normalized spacial score (nSPS) is 18.4. The van der Waals surface area contributed by atoms with Crippen LogP contribution < -0.4 is 14.5 Å². The topological polar surface area (TPSA) is 41.5 Å². The van der Waals surface area contributed by atoms with Gasteiger partial charge in [0.05, 0.1) is 0 Å². The van der Waals surface area contributed by atoms with Crippen LogP contribution in [0.3, 0.4) is 0 Å². The fourth-order valence-electron chi connectivity index (χ4n) is 4.34. The second-order valence-electron chi connectivity index (χ2n) is 8.22. The van der Waals surface area contributed by atoms with E-state index in [2.05, 4.69) is 77.0 Å². The predicted octanol–water partition coefficient (Wildman–Crippen LogP) is 4.05. The van der Waals surface area contributed by atoms with Crippen LogP contribution in [0.5, 0.6) is 5.75 Å². The third-order valence-electron chi connectivity index (χ3n) is 5.81. The van der Waals surface area contributed by atoms with Crippen molar-refractivity contribution in [3.05, 3.63) is 38.2 Å². The van der Waals surface area contributed by atoms with Gasteiger partial charge in [0.1, 0.15) is 15.1 Å². The first-order chi connectivity index (χ1) is 12.8. The minimum atomic E-state index is -0.108. The van der Waals surface area contributed by atoms with Crippen molar-refractivity contribution in [3.63, 3.8) is 0 Å². The third kappa shape index (κ3) is 3.37. The number of benzene rings is 1. The van der Waals surface area contributed by atoms with Crippen molar-refractivity contribution in [2.45, 2.75) is 46.6 Å². The van der Waals surface area contributed by atoms with Crippen LogP contribution in [0.15, 0.2) is 12.3 Å². The maximum atomic E-state index is 6.27. The van der Waals surface area contributed by atoms with E-state index < -0.39 is 0 Å². The van der Waals surface area contributed by atoms with E-state index in [0.29, 0.717) is 0 Å². The van der Waals surface area contributed by atoms with E-state index in [4.69, 9.17) is 4.74 Å². The number of hydrogen-bond donors (Lipinski definition) is 0. The maximum absolute atomic E-state index is 6.27. The molecule has 2 aliphatic rings. The lowest BCUT2D eigenvalue weighted by Crippen LogP contribution is -2.47. The molecule has 0 saturated carbocycles. The Balaban J connectivity index is 1.60. The van der Waals surface area contributed by atoms with Crippen molar-refractivity contribution in [2.24, 2.45) is 0 Å². The van der Waals surface area contributed by atoms with Gasteiger partial charge in [0.15, 0.2) is 0 Å². The highest BCUT2D eigenvalue weighted by atomic mass is 127. The Hall–Kier alpha value is -1.57. The monoisotopic (exact) mass is 478 g/mol. The SMILES string of the molecule is Cc1c(C)c(N2CCN(c3nccc(I)n3)CC2)c(C)c2c1OC(C)(C)C2. The van der Waals surface area contributed by atoms with Gasteiger partial charge < -0.3 is 14.5 Å². The first-order valence-corrected chi connectivity index (χ1v) is 10.6. The van der Waals surface area contributed by atoms with Crippen LogP contribution >= 0.6 is 22.6 Å². The molecule has 0 spiro atoms. The van der Waals surface area contributed by atoms with Gasteiger partial charge in [0.2, 0.25) is 5.95 Å². The molecule has 27 heavy (non-hydrogen) atoms. The summed E-state index contributed by atoms with van der Waals surface area (Å²) in [6.45, 7) is 14.9. The summed E-state index contributed by atoms with van der Waals surface area (Å²) in [7, 11) is 0. The number of piperazine rings is 1. The average Bonchev–Trinajstić information content (AvgIpc) is 2.97. The van der Waals surface area contributed by atoms with Gasteiger partial charge in [-0.1, -0.05) is 0 Å². The van der Waals surface area contributed by atoms with Gasteiger partial charge in [-0.3, -0.25) is 0 Å². The zero-order chi connectivity index (χ0) is 19.3. The molecule has 2 aliphatic heterocycles. The van der Waals surface area contributed by atoms with Crippen molar-refractivity contribution >= 4 is 34.2 Å². The van der Waals surface area contributed by atoms with Crippen LogP contribution in [0.25, 0.3) is 0 Å². The molecule has 6 heteroatoms. The third-order valence-corrected chi connectivity index (χ3v) is 6.41. The van der Waals surface area contributed by atoms with Crippen LogP contribution in [0.4, 0.5) is 11.6 Å². The van der Waals surface area contributed by atoms with E-state index in [1.165, 1.54) is 27.9 Å². The van der Waals surface area contributed by atoms with E-state index in [1.54, 1.807) is 0 Å². The van der Waals surface area contributed by atoms with Gasteiger partial charge in [-0.05, 0) is 80.0 Å². The molecule has 5 nitrogen and oxygen atoms in total. The Kier molecular flexibility index (Phi) is 4.72. The highest BCUT2D eigenvalue weighted by Gasteiger charge is 2.35. The lowest BCUT2D eigenvalue weighted by Gasteiger charge is -2.38. The van der Waals surface area contributed by atoms with Crippen LogP contribution in [-0.4, -0.2) is 41.7 Å². The van der Waals surface area contributed by atoms with E-state index in [1.807, 2.05) is 12.3 Å². The van der Waals surface area contributed by atoms with Crippen LogP contribution in [-0.2, 0) is 6.42 Å². The Labute approximate surface area is 175 Å². The summed E-state index contributed by atoms with van der Waals surface area (Å²) in [6.07, 6.45) is 2.83. The summed E-state index contributed by atoms with van der Waals surface area (Å²) < 4.78 is 7.26. The Bertz CT molecular complexity index is 888. The van der Waals surface area contributed by atoms with Crippen molar-refractivity contribution in [3.8, 4) is 5.75 Å². The van der Waals surface area contributed by atoms with E-state index in [0.717, 1.165) is 48.0 Å². The van der Waals surface area contributed by atoms with Crippen molar-refractivity contribution in [1.82, 2.24) is 9.97 Å². The lowest BCUT2D eigenvalue weighted by molar-refractivity contribution is 0.137. The molecule has 2 aromatic rings. The standard InChI is InChI=1S/C21H27IN4O/c1-13-14(2)19-16(12-21(4,5)27-19)15(3)18(13)25-8-10-26(11-9-25)20-23-7-6-17(22)24-20/h6-7H,8-12H2,1-5H3. The minimum absolute atomic E-state index is 0.108. The molecule has 0 N–H and O–H groups in total. The van der Waals surface area contributed by atoms with E-state index >= 15 is 0 Å². The summed E-state index contributed by atoms with van der Waals surface area (Å²) in [6, 6.07) is 1.93. The van der Waals surface area contributed by atoms with E-state index in [-0.39, 0.29) is 5.60 Å². The average molecular weight is 478 g/mol. The lowest BCUT2D eigenvalue weighted by atomic mass is 9.92. The molecule has 1 fully saturated rings. The molecule has 0 bridgehead atoms. The van der Waals surface area contributed by atoms with Crippen molar-refractivity contribution in [2.75, 3.05) is 36.0 Å². The molecule has 3 heterocycles. The fourth-order valence-corrected chi connectivity index (χ4v) is 4.72. The van der Waals surface area contributed by atoms with Gasteiger partial charge in [-0.2, -0.15) is 0 Å². The molecule has 1 aromatic carbocycles. The first kappa shape index (κ1) is 18.8. The molecule has 144 valence electrons. The number of halogens is 1. The van der Waals surface area contributed by atoms with Gasteiger partial charge in [-0.15, -0.1) is 0 Å². The molecule has 4 rings (SSSR count). The largest absolute Gasteiger partial charge is 0.487 e. The van der Waals surface area contributed by atoms with Gasteiger partial charge in [-0.25, -0.2) is 9.97 Å². The summed E-state index contributed by atoms with van der Waals surface area (Å²) in [5.74, 6) is 1.96. The van der Waals surface area contributed by atoms with Gasteiger partial charge in [0.25, 0.3) is 0 Å². The highest BCUT2D eigenvalue weighted by Crippen LogP contribution is 2.45. The summed E-state index contributed by atoms with van der Waals surface area (Å²) in [4.78, 5) is 13.8. The minimum Gasteiger partial charge on any atom is -0.487 e. The molecule has 0 aliphatic carbocycles. The summed E-state index contributed by atoms with van der Waals surface area (Å²) >= 11 is 2.25. The summed E-state index contributed by atoms with van der Waals surface area (Å²) in [5.41, 5.74) is 6.71. The molecule has 1 aromatic heterocycles. The number of nitrogens with zero attached hydrogens (tertiary/aromatic N) is 4. The smallest absolute Gasteiger partial charge is 0.226 e.